The summed E-state index contributed by atoms with van der Waals surface area (Å²) < 4.78 is 1.81. The highest BCUT2D eigenvalue weighted by Gasteiger charge is 2.07. The van der Waals surface area contributed by atoms with Crippen molar-refractivity contribution >= 4 is 5.52 Å². The lowest BCUT2D eigenvalue weighted by Gasteiger charge is -2.03. The number of aryl methyl sites for hydroxylation is 2. The molecule has 3 aromatic heterocycles. The van der Waals surface area contributed by atoms with Crippen molar-refractivity contribution in [2.45, 2.75) is 13.8 Å². The second-order valence-electron chi connectivity index (χ2n) is 3.90. The van der Waals surface area contributed by atoms with Gasteiger partial charge in [-0.3, -0.25) is 4.98 Å². The zero-order valence-corrected chi connectivity index (χ0v) is 9.62. The zero-order chi connectivity index (χ0) is 11.8. The van der Waals surface area contributed by atoms with E-state index in [1.165, 1.54) is 0 Å². The summed E-state index contributed by atoms with van der Waals surface area (Å²) in [7, 11) is 0. The third-order valence-electron chi connectivity index (χ3n) is 2.56. The van der Waals surface area contributed by atoms with Gasteiger partial charge in [0.15, 0.2) is 0 Å². The fourth-order valence-electron chi connectivity index (χ4n) is 1.77. The highest BCUT2D eigenvalue weighted by molar-refractivity contribution is 5.55. The van der Waals surface area contributed by atoms with Crippen molar-refractivity contribution in [1.82, 2.24) is 24.6 Å². The van der Waals surface area contributed by atoms with Gasteiger partial charge < -0.3 is 0 Å². The van der Waals surface area contributed by atoms with E-state index in [2.05, 4.69) is 20.1 Å². The Hall–Kier alpha value is -2.30. The Bertz CT molecular complexity index is 686. The molecule has 0 aliphatic rings. The van der Waals surface area contributed by atoms with Crippen LogP contribution in [0.5, 0.6) is 0 Å². The van der Waals surface area contributed by atoms with E-state index in [-0.39, 0.29) is 0 Å². The molecule has 5 heteroatoms. The molecule has 0 unspecified atom stereocenters. The average Bonchev–Trinajstić information content (AvgIpc) is 2.77. The maximum atomic E-state index is 4.45. The Morgan fingerprint density at radius 3 is 2.82 bits per heavy atom. The van der Waals surface area contributed by atoms with E-state index in [0.29, 0.717) is 11.5 Å². The van der Waals surface area contributed by atoms with Crippen LogP contribution in [-0.4, -0.2) is 24.6 Å². The lowest BCUT2D eigenvalue weighted by Crippen LogP contribution is -2.01. The molecule has 0 saturated carbocycles. The lowest BCUT2D eigenvalue weighted by molar-refractivity contribution is 0.888. The van der Waals surface area contributed by atoms with E-state index >= 15 is 0 Å². The summed E-state index contributed by atoms with van der Waals surface area (Å²) in [5.41, 5.74) is 3.50. The van der Waals surface area contributed by atoms with Crippen LogP contribution in [0.4, 0.5) is 0 Å². The van der Waals surface area contributed by atoms with Gasteiger partial charge in [0, 0.05) is 12.4 Å². The normalized spacial score (nSPS) is 10.9. The van der Waals surface area contributed by atoms with Gasteiger partial charge in [-0.15, -0.1) is 5.10 Å². The van der Waals surface area contributed by atoms with Crippen molar-refractivity contribution in [1.29, 1.82) is 0 Å². The molecule has 0 fully saturated rings. The average molecular weight is 225 g/mol. The molecule has 0 aliphatic carbocycles. The smallest absolute Gasteiger partial charge is 0.200 e. The van der Waals surface area contributed by atoms with Gasteiger partial charge in [-0.05, 0) is 26.0 Å². The van der Waals surface area contributed by atoms with Crippen molar-refractivity contribution in [3.05, 3.63) is 42.1 Å². The molecule has 0 aliphatic heterocycles. The SMILES string of the molecule is Cc1cncc(-c2nc(C)c3cccn3n2)n1. The van der Waals surface area contributed by atoms with Gasteiger partial charge in [0.2, 0.25) is 5.82 Å². The van der Waals surface area contributed by atoms with Crippen LogP contribution in [0.25, 0.3) is 17.0 Å². The van der Waals surface area contributed by atoms with E-state index in [1.807, 2.05) is 36.7 Å². The molecule has 0 aromatic carbocycles. The van der Waals surface area contributed by atoms with Crippen LogP contribution >= 0.6 is 0 Å². The first-order valence-electron chi connectivity index (χ1n) is 5.35. The summed E-state index contributed by atoms with van der Waals surface area (Å²) in [6.07, 6.45) is 5.29. The van der Waals surface area contributed by atoms with Crippen molar-refractivity contribution < 1.29 is 0 Å². The molecule has 5 nitrogen and oxygen atoms in total. The van der Waals surface area contributed by atoms with Crippen molar-refractivity contribution in [2.75, 3.05) is 0 Å². The fourth-order valence-corrected chi connectivity index (χ4v) is 1.77. The van der Waals surface area contributed by atoms with Gasteiger partial charge in [-0.25, -0.2) is 14.5 Å². The summed E-state index contributed by atoms with van der Waals surface area (Å²) in [6.45, 7) is 3.86. The number of hydrogen-bond donors (Lipinski definition) is 0. The Balaban J connectivity index is 2.23. The molecule has 0 bridgehead atoms. The van der Waals surface area contributed by atoms with Gasteiger partial charge in [0.1, 0.15) is 5.69 Å². The van der Waals surface area contributed by atoms with Gasteiger partial charge in [0.25, 0.3) is 0 Å². The minimum atomic E-state index is 0.599. The molecule has 84 valence electrons. The summed E-state index contributed by atoms with van der Waals surface area (Å²) in [5, 5.41) is 4.41. The number of aromatic nitrogens is 5. The summed E-state index contributed by atoms with van der Waals surface area (Å²) >= 11 is 0. The second-order valence-corrected chi connectivity index (χ2v) is 3.90. The summed E-state index contributed by atoms with van der Waals surface area (Å²) in [6, 6.07) is 3.93. The third kappa shape index (κ3) is 1.65. The Morgan fingerprint density at radius 1 is 1.12 bits per heavy atom. The van der Waals surface area contributed by atoms with Crippen LogP contribution < -0.4 is 0 Å². The molecule has 3 rings (SSSR count). The third-order valence-corrected chi connectivity index (χ3v) is 2.56. The number of rotatable bonds is 1. The molecule has 3 aromatic rings. The molecule has 0 saturated heterocycles. The molecule has 0 N–H and O–H groups in total. The molecule has 17 heavy (non-hydrogen) atoms. The standard InChI is InChI=1S/C12H11N5/c1-8-6-13-7-10(14-8)12-15-9(2)11-4-3-5-17(11)16-12/h3-7H,1-2H3. The van der Waals surface area contributed by atoms with Crippen molar-refractivity contribution in [3.63, 3.8) is 0 Å². The minimum absolute atomic E-state index is 0.599. The maximum absolute atomic E-state index is 4.45. The van der Waals surface area contributed by atoms with Crippen LogP contribution in [0, 0.1) is 13.8 Å². The molecule has 0 atom stereocenters. The van der Waals surface area contributed by atoms with Crippen LogP contribution in [0.1, 0.15) is 11.4 Å². The predicted molar refractivity (Wildman–Crippen MR) is 63.5 cm³/mol. The molecular weight excluding hydrogens is 214 g/mol. The van der Waals surface area contributed by atoms with Crippen LogP contribution in [-0.2, 0) is 0 Å². The molecule has 0 spiro atoms. The molecular formula is C12H11N5. The Kier molecular flexibility index (Phi) is 2.11. The monoisotopic (exact) mass is 225 g/mol. The Morgan fingerprint density at radius 2 is 2.00 bits per heavy atom. The largest absolute Gasteiger partial charge is 0.260 e. The first kappa shape index (κ1) is 9.89. The topological polar surface area (TPSA) is 56.0 Å². The predicted octanol–water partition coefficient (Wildman–Crippen LogP) is 1.80. The quantitative estimate of drug-likeness (QED) is 0.633. The summed E-state index contributed by atoms with van der Waals surface area (Å²) in [4.78, 5) is 12.9. The van der Waals surface area contributed by atoms with Crippen LogP contribution in [0.2, 0.25) is 0 Å². The molecule has 3 heterocycles. The first-order valence-corrected chi connectivity index (χ1v) is 5.35. The highest BCUT2D eigenvalue weighted by Crippen LogP contribution is 2.14. The highest BCUT2D eigenvalue weighted by atomic mass is 15.2. The van der Waals surface area contributed by atoms with E-state index in [9.17, 15) is 0 Å². The first-order chi connectivity index (χ1) is 8.24. The van der Waals surface area contributed by atoms with Crippen LogP contribution in [0.3, 0.4) is 0 Å². The van der Waals surface area contributed by atoms with E-state index < -0.39 is 0 Å². The van der Waals surface area contributed by atoms with Gasteiger partial charge in [-0.1, -0.05) is 0 Å². The summed E-state index contributed by atoms with van der Waals surface area (Å²) in [5.74, 6) is 0.599. The second kappa shape index (κ2) is 3.62. The number of hydrogen-bond acceptors (Lipinski definition) is 4. The van der Waals surface area contributed by atoms with E-state index in [0.717, 1.165) is 16.9 Å². The fraction of sp³-hybridized carbons (Fsp3) is 0.167. The Labute approximate surface area is 98.2 Å². The minimum Gasteiger partial charge on any atom is -0.260 e. The van der Waals surface area contributed by atoms with Crippen LogP contribution in [0.15, 0.2) is 30.7 Å². The van der Waals surface area contributed by atoms with Crippen molar-refractivity contribution in [2.24, 2.45) is 0 Å². The van der Waals surface area contributed by atoms with Gasteiger partial charge in [-0.2, -0.15) is 0 Å². The van der Waals surface area contributed by atoms with Gasteiger partial charge >= 0.3 is 0 Å². The van der Waals surface area contributed by atoms with E-state index in [1.54, 1.807) is 12.4 Å². The van der Waals surface area contributed by atoms with E-state index in [4.69, 9.17) is 0 Å². The maximum Gasteiger partial charge on any atom is 0.200 e. The lowest BCUT2D eigenvalue weighted by atomic mass is 10.3. The molecule has 0 amide bonds. The number of fused-ring (bicyclic) bond motifs is 1. The van der Waals surface area contributed by atoms with Crippen molar-refractivity contribution in [3.8, 4) is 11.5 Å². The van der Waals surface area contributed by atoms with Gasteiger partial charge in [0.05, 0.1) is 23.1 Å². The number of nitrogens with zero attached hydrogens (tertiary/aromatic N) is 5. The zero-order valence-electron chi connectivity index (χ0n) is 9.62. The molecule has 0 radical (unpaired) electrons.